The molecular formula is C9H13IN2. The van der Waals surface area contributed by atoms with Gasteiger partial charge in [-0.1, -0.05) is 29.5 Å². The maximum Gasteiger partial charge on any atom is 0.0677 e. The summed E-state index contributed by atoms with van der Waals surface area (Å²) < 4.78 is 1.90. The molecule has 1 N–H and O–H groups in total. The van der Waals surface area contributed by atoms with Gasteiger partial charge in [0.15, 0.2) is 0 Å². The fraction of sp³-hybridized carbons (Fsp3) is 0.333. The van der Waals surface area contributed by atoms with E-state index in [1.54, 1.807) is 6.21 Å². The molecule has 0 atom stereocenters. The third-order valence-corrected chi connectivity index (χ3v) is 1.73. The van der Waals surface area contributed by atoms with Crippen LogP contribution in [0.15, 0.2) is 26.4 Å². The van der Waals surface area contributed by atoms with E-state index in [4.69, 9.17) is 5.41 Å². The summed E-state index contributed by atoms with van der Waals surface area (Å²) in [6.45, 7) is 3.89. The molecule has 0 aliphatic carbocycles. The Labute approximate surface area is 87.1 Å². The molecule has 0 rings (SSSR count). The minimum absolute atomic E-state index is 0.844. The summed E-state index contributed by atoms with van der Waals surface area (Å²) in [7, 11) is 0. The van der Waals surface area contributed by atoms with E-state index in [0.717, 1.165) is 17.7 Å². The summed E-state index contributed by atoms with van der Waals surface area (Å²) in [6.07, 6.45) is 5.85. The van der Waals surface area contributed by atoms with E-state index in [1.165, 1.54) is 6.21 Å². The monoisotopic (exact) mass is 276 g/mol. The van der Waals surface area contributed by atoms with Gasteiger partial charge >= 0.3 is 0 Å². The number of hydrogen-bond acceptors (Lipinski definition) is 2. The fourth-order valence-corrected chi connectivity index (χ4v) is 1.13. The largest absolute Gasteiger partial charge is 0.308 e. The molecule has 0 aliphatic heterocycles. The fourth-order valence-electron chi connectivity index (χ4n) is 0.789. The molecule has 0 aliphatic rings. The average Bonchev–Trinajstić information content (AvgIpc) is 2.07. The molecule has 2 nitrogen and oxygen atoms in total. The summed E-state index contributed by atoms with van der Waals surface area (Å²) in [5.74, 6) is 0. The zero-order valence-corrected chi connectivity index (χ0v) is 9.50. The predicted molar refractivity (Wildman–Crippen MR) is 63.4 cm³/mol. The van der Waals surface area contributed by atoms with E-state index in [0.29, 0.717) is 0 Å². The van der Waals surface area contributed by atoms with Crippen LogP contribution >= 0.6 is 22.6 Å². The van der Waals surface area contributed by atoms with Crippen LogP contribution in [0.4, 0.5) is 0 Å². The van der Waals surface area contributed by atoms with Gasteiger partial charge in [-0.15, -0.1) is 0 Å². The highest BCUT2D eigenvalue weighted by Gasteiger charge is 1.95. The first-order valence-electron chi connectivity index (χ1n) is 3.79. The van der Waals surface area contributed by atoms with Crippen molar-refractivity contribution < 1.29 is 0 Å². The molecule has 0 spiro atoms. The van der Waals surface area contributed by atoms with Gasteiger partial charge in [-0.3, -0.25) is 4.99 Å². The van der Waals surface area contributed by atoms with Crippen molar-refractivity contribution in [3.63, 3.8) is 0 Å². The standard InChI is InChI=1S/C9H13IN2/c1-3-8(7-11)9(5-6-10)12-4-2/h4-7,11H,3H2,1-2H3/b6-5-,9-8+,11-7?,12-4-. The van der Waals surface area contributed by atoms with Gasteiger partial charge in [0.2, 0.25) is 0 Å². The van der Waals surface area contributed by atoms with Gasteiger partial charge in [-0.2, -0.15) is 0 Å². The first-order chi connectivity index (χ1) is 5.79. The Bertz CT molecular complexity index is 213. The molecule has 0 saturated carbocycles. The number of nitrogens with one attached hydrogen (secondary N) is 1. The van der Waals surface area contributed by atoms with Crippen LogP contribution in [-0.2, 0) is 0 Å². The minimum atomic E-state index is 0.844. The van der Waals surface area contributed by atoms with Crippen LogP contribution in [0.2, 0.25) is 0 Å². The van der Waals surface area contributed by atoms with Crippen molar-refractivity contribution in [1.82, 2.24) is 0 Å². The molecule has 3 heteroatoms. The highest BCUT2D eigenvalue weighted by Crippen LogP contribution is 2.10. The van der Waals surface area contributed by atoms with Crippen molar-refractivity contribution in [1.29, 1.82) is 5.41 Å². The molecule has 0 amide bonds. The second-order valence-electron chi connectivity index (χ2n) is 2.09. The van der Waals surface area contributed by atoms with Crippen molar-refractivity contribution in [2.75, 3.05) is 0 Å². The predicted octanol–water partition coefficient (Wildman–Crippen LogP) is 3.34. The van der Waals surface area contributed by atoms with Gasteiger partial charge in [0.05, 0.1) is 5.70 Å². The van der Waals surface area contributed by atoms with Crippen LogP contribution in [0, 0.1) is 5.41 Å². The lowest BCUT2D eigenvalue weighted by Crippen LogP contribution is -1.87. The van der Waals surface area contributed by atoms with Gasteiger partial charge in [-0.25, -0.2) is 0 Å². The van der Waals surface area contributed by atoms with Crippen LogP contribution in [0.25, 0.3) is 0 Å². The summed E-state index contributed by atoms with van der Waals surface area (Å²) in [4.78, 5) is 4.17. The average molecular weight is 276 g/mol. The van der Waals surface area contributed by atoms with Gasteiger partial charge < -0.3 is 5.41 Å². The Hall–Kier alpha value is -0.450. The molecule has 12 heavy (non-hydrogen) atoms. The summed E-state index contributed by atoms with van der Waals surface area (Å²) in [6, 6.07) is 0. The minimum Gasteiger partial charge on any atom is -0.308 e. The van der Waals surface area contributed by atoms with Crippen LogP contribution in [0.3, 0.4) is 0 Å². The maximum absolute atomic E-state index is 7.15. The quantitative estimate of drug-likeness (QED) is 0.464. The van der Waals surface area contributed by atoms with Crippen molar-refractivity contribution in [2.24, 2.45) is 4.99 Å². The van der Waals surface area contributed by atoms with Gasteiger partial charge in [0.25, 0.3) is 0 Å². The number of allylic oxidation sites excluding steroid dienone is 2. The Morgan fingerprint density at radius 2 is 2.25 bits per heavy atom. The van der Waals surface area contributed by atoms with Crippen molar-refractivity contribution in [2.45, 2.75) is 20.3 Å². The van der Waals surface area contributed by atoms with Crippen LogP contribution in [0.1, 0.15) is 20.3 Å². The number of aliphatic imine (C=N–C) groups is 1. The van der Waals surface area contributed by atoms with Crippen LogP contribution in [0.5, 0.6) is 0 Å². The highest BCUT2D eigenvalue weighted by atomic mass is 127. The summed E-state index contributed by atoms with van der Waals surface area (Å²) in [5.41, 5.74) is 1.84. The number of halogens is 1. The van der Waals surface area contributed by atoms with E-state index in [2.05, 4.69) is 27.6 Å². The van der Waals surface area contributed by atoms with Gasteiger partial charge in [0, 0.05) is 12.4 Å². The van der Waals surface area contributed by atoms with Gasteiger partial charge in [0.1, 0.15) is 0 Å². The molecule has 66 valence electrons. The Morgan fingerprint density at radius 1 is 1.58 bits per heavy atom. The molecule has 0 heterocycles. The smallest absolute Gasteiger partial charge is 0.0677 e. The van der Waals surface area contributed by atoms with E-state index in [-0.39, 0.29) is 0 Å². The number of rotatable bonds is 4. The van der Waals surface area contributed by atoms with Crippen molar-refractivity contribution >= 4 is 35.0 Å². The number of nitrogens with zero attached hydrogens (tertiary/aromatic N) is 1. The molecule has 0 radical (unpaired) electrons. The molecule has 0 aromatic carbocycles. The van der Waals surface area contributed by atoms with Crippen molar-refractivity contribution in [3.05, 3.63) is 21.4 Å². The van der Waals surface area contributed by atoms with Crippen molar-refractivity contribution in [3.8, 4) is 0 Å². The summed E-state index contributed by atoms with van der Waals surface area (Å²) >= 11 is 2.14. The summed E-state index contributed by atoms with van der Waals surface area (Å²) in [5, 5.41) is 7.15. The lowest BCUT2D eigenvalue weighted by molar-refractivity contribution is 1.14. The van der Waals surface area contributed by atoms with E-state index < -0.39 is 0 Å². The lowest BCUT2D eigenvalue weighted by Gasteiger charge is -1.99. The topological polar surface area (TPSA) is 36.2 Å². The van der Waals surface area contributed by atoms with Gasteiger partial charge in [-0.05, 0) is 29.1 Å². The Kier molecular flexibility index (Phi) is 6.94. The van der Waals surface area contributed by atoms with E-state index >= 15 is 0 Å². The molecule has 0 fully saturated rings. The maximum atomic E-state index is 7.15. The second-order valence-corrected chi connectivity index (χ2v) is 2.81. The van der Waals surface area contributed by atoms with E-state index in [1.807, 2.05) is 24.0 Å². The molecule has 0 unspecified atom stereocenters. The van der Waals surface area contributed by atoms with Crippen LogP contribution in [-0.4, -0.2) is 12.4 Å². The van der Waals surface area contributed by atoms with E-state index in [9.17, 15) is 0 Å². The molecule has 0 bridgehead atoms. The first-order valence-corrected chi connectivity index (χ1v) is 5.03. The Balaban J connectivity index is 4.87. The SMILES string of the molecule is C\C=N/C(/C=C\I)=C(/C=N)CC. The number of hydrogen-bond donors (Lipinski definition) is 1. The second kappa shape index (κ2) is 7.21. The van der Waals surface area contributed by atoms with Crippen LogP contribution < -0.4 is 0 Å². The third-order valence-electron chi connectivity index (χ3n) is 1.37. The Morgan fingerprint density at radius 3 is 2.58 bits per heavy atom. The first kappa shape index (κ1) is 11.6. The zero-order chi connectivity index (χ0) is 9.40. The molecule has 0 saturated heterocycles. The normalized spacial score (nSPS) is 13.9. The molecule has 0 aromatic heterocycles. The molecule has 0 aromatic rings. The lowest BCUT2D eigenvalue weighted by atomic mass is 10.2. The molecular weight excluding hydrogens is 263 g/mol. The highest BCUT2D eigenvalue weighted by molar-refractivity contribution is 14.1. The zero-order valence-electron chi connectivity index (χ0n) is 7.34. The third kappa shape index (κ3) is 3.80.